The number of benzene rings is 4. The van der Waals surface area contributed by atoms with Gasteiger partial charge in [-0.05, 0) is 166 Å². The van der Waals surface area contributed by atoms with E-state index in [1.807, 2.05) is 0 Å². The normalized spacial score (nSPS) is 17.5. The molecule has 4 aromatic rings. The summed E-state index contributed by atoms with van der Waals surface area (Å²) in [6, 6.07) is 28.0. The molecule has 2 unspecified atom stereocenters. The first-order valence-corrected chi connectivity index (χ1v) is 18.5. The zero-order valence-electron chi connectivity index (χ0n) is 27.5. The molecule has 0 amide bonds. The zero-order valence-corrected chi connectivity index (χ0v) is 29.3. The van der Waals surface area contributed by atoms with Gasteiger partial charge in [0.25, 0.3) is 0 Å². The van der Waals surface area contributed by atoms with E-state index in [4.69, 9.17) is 9.47 Å². The van der Waals surface area contributed by atoms with Gasteiger partial charge in [0, 0.05) is 0 Å². The van der Waals surface area contributed by atoms with Crippen molar-refractivity contribution in [2.45, 2.75) is 79.0 Å². The van der Waals surface area contributed by atoms with Gasteiger partial charge in [-0.3, -0.25) is 0 Å². The molecular formula is C39H48O2P2. The highest BCUT2D eigenvalue weighted by Crippen LogP contribution is 2.57. The predicted octanol–water partition coefficient (Wildman–Crippen LogP) is 8.68. The minimum Gasteiger partial charge on any atom is -0.496 e. The standard InChI is InChI=1S/C39H48O2P2/c1-25-15-10-12-18-35(25)42(36-19-13-11-16-26(36)2)31(7)34-17-14-20-37(34)43(32-21-27(3)38(40-8)28(4)22-32)33-23-29(5)39(41-9)30(6)24-33/h10-13,15-16,18-19,21-24,31,34,37H,14,17,20H2,1-9H3/t31-,34?,37?/m0/s1. The van der Waals surface area contributed by atoms with Crippen LogP contribution < -0.4 is 30.7 Å². The molecule has 0 bridgehead atoms. The lowest BCUT2D eigenvalue weighted by Crippen LogP contribution is -2.34. The summed E-state index contributed by atoms with van der Waals surface area (Å²) in [7, 11) is 2.46. The topological polar surface area (TPSA) is 18.5 Å². The van der Waals surface area contributed by atoms with E-state index < -0.39 is 15.8 Å². The van der Waals surface area contributed by atoms with Crippen LogP contribution in [-0.2, 0) is 0 Å². The number of aryl methyl sites for hydroxylation is 6. The molecule has 1 aliphatic carbocycles. The Hall–Kier alpha value is -2.66. The largest absolute Gasteiger partial charge is 0.496 e. The summed E-state index contributed by atoms with van der Waals surface area (Å²) in [4.78, 5) is 0. The summed E-state index contributed by atoms with van der Waals surface area (Å²) < 4.78 is 11.6. The summed E-state index contributed by atoms with van der Waals surface area (Å²) >= 11 is 0. The number of ether oxygens (including phenoxy) is 2. The van der Waals surface area contributed by atoms with Crippen LogP contribution in [0.1, 0.15) is 59.6 Å². The zero-order chi connectivity index (χ0) is 30.8. The van der Waals surface area contributed by atoms with E-state index in [0.717, 1.165) is 11.5 Å². The molecule has 5 rings (SSSR count). The highest BCUT2D eigenvalue weighted by Gasteiger charge is 2.42. The summed E-state index contributed by atoms with van der Waals surface area (Å²) in [6.45, 7) is 16.0. The maximum atomic E-state index is 5.81. The molecule has 0 aliphatic heterocycles. The molecule has 43 heavy (non-hydrogen) atoms. The molecule has 0 heterocycles. The van der Waals surface area contributed by atoms with Crippen molar-refractivity contribution in [2.75, 3.05) is 14.2 Å². The van der Waals surface area contributed by atoms with Crippen molar-refractivity contribution in [3.05, 3.63) is 106 Å². The second-order valence-corrected chi connectivity index (χ2v) is 17.4. The van der Waals surface area contributed by atoms with E-state index in [1.165, 1.54) is 63.3 Å². The van der Waals surface area contributed by atoms with Crippen LogP contribution >= 0.6 is 15.8 Å². The number of methoxy groups -OCH3 is 2. The van der Waals surface area contributed by atoms with Gasteiger partial charge in [0.15, 0.2) is 0 Å². The summed E-state index contributed by atoms with van der Waals surface area (Å²) in [5, 5.41) is 6.05. The molecule has 4 aromatic carbocycles. The molecule has 0 saturated heterocycles. The maximum Gasteiger partial charge on any atom is 0.124 e. The van der Waals surface area contributed by atoms with Crippen LogP contribution in [0.4, 0.5) is 0 Å². The molecule has 0 N–H and O–H groups in total. The van der Waals surface area contributed by atoms with Gasteiger partial charge in [-0.1, -0.05) is 61.9 Å². The smallest absolute Gasteiger partial charge is 0.124 e. The molecule has 1 aliphatic rings. The van der Waals surface area contributed by atoms with Gasteiger partial charge in [0.05, 0.1) is 14.2 Å². The Labute approximate surface area is 262 Å². The van der Waals surface area contributed by atoms with Crippen molar-refractivity contribution < 1.29 is 9.47 Å². The van der Waals surface area contributed by atoms with Gasteiger partial charge >= 0.3 is 0 Å². The lowest BCUT2D eigenvalue weighted by Gasteiger charge is -2.38. The van der Waals surface area contributed by atoms with Crippen LogP contribution in [0.25, 0.3) is 0 Å². The highest BCUT2D eigenvalue weighted by molar-refractivity contribution is 7.74. The monoisotopic (exact) mass is 610 g/mol. The first-order chi connectivity index (χ1) is 20.7. The van der Waals surface area contributed by atoms with Gasteiger partial charge in [-0.15, -0.1) is 0 Å². The van der Waals surface area contributed by atoms with Crippen molar-refractivity contribution >= 4 is 37.1 Å². The lowest BCUT2D eigenvalue weighted by molar-refractivity contribution is 0.408. The SMILES string of the molecule is COc1c(C)cc(P(c2cc(C)c(OC)c(C)c2)C2CCCC2[C@H](C)P(c2ccccc2C)c2ccccc2C)cc1C. The molecular weight excluding hydrogens is 562 g/mol. The molecule has 0 spiro atoms. The average molecular weight is 611 g/mol. The van der Waals surface area contributed by atoms with Gasteiger partial charge in [0.2, 0.25) is 0 Å². The van der Waals surface area contributed by atoms with E-state index in [1.54, 1.807) is 24.8 Å². The lowest BCUT2D eigenvalue weighted by atomic mass is 10.0. The third-order valence-corrected chi connectivity index (χ3v) is 15.7. The Morgan fingerprint density at radius 2 is 1.02 bits per heavy atom. The van der Waals surface area contributed by atoms with Crippen molar-refractivity contribution in [3.63, 3.8) is 0 Å². The minimum atomic E-state index is -0.602. The third-order valence-electron chi connectivity index (χ3n) is 9.49. The van der Waals surface area contributed by atoms with Crippen LogP contribution in [0.3, 0.4) is 0 Å². The fourth-order valence-electron chi connectivity index (χ4n) is 7.59. The molecule has 3 atom stereocenters. The van der Waals surface area contributed by atoms with Crippen LogP contribution in [0, 0.1) is 47.5 Å². The van der Waals surface area contributed by atoms with Gasteiger partial charge in [0.1, 0.15) is 11.5 Å². The van der Waals surface area contributed by atoms with Crippen LogP contribution in [0.15, 0.2) is 72.8 Å². The predicted molar refractivity (Wildman–Crippen MR) is 190 cm³/mol. The number of hydrogen-bond donors (Lipinski definition) is 0. The van der Waals surface area contributed by atoms with Crippen molar-refractivity contribution in [2.24, 2.45) is 5.92 Å². The van der Waals surface area contributed by atoms with Crippen LogP contribution in [0.5, 0.6) is 11.5 Å². The quantitative estimate of drug-likeness (QED) is 0.177. The Bertz CT molecular complexity index is 1440. The minimum absolute atomic E-state index is 0.524. The molecule has 0 aromatic heterocycles. The molecule has 2 nitrogen and oxygen atoms in total. The number of hydrogen-bond acceptors (Lipinski definition) is 2. The molecule has 0 radical (unpaired) electrons. The summed E-state index contributed by atoms with van der Waals surface area (Å²) in [5.74, 6) is 2.67. The van der Waals surface area contributed by atoms with Crippen LogP contribution in [0.2, 0.25) is 0 Å². The molecule has 226 valence electrons. The number of rotatable bonds is 9. The van der Waals surface area contributed by atoms with E-state index in [2.05, 4.69) is 121 Å². The summed E-state index contributed by atoms with van der Waals surface area (Å²) in [5.41, 5.74) is 8.95. The first kappa shape index (κ1) is 31.8. The highest BCUT2D eigenvalue weighted by atomic mass is 31.1. The Kier molecular flexibility index (Phi) is 10.0. The van der Waals surface area contributed by atoms with Gasteiger partial charge < -0.3 is 9.47 Å². The van der Waals surface area contributed by atoms with E-state index in [0.29, 0.717) is 17.2 Å². The van der Waals surface area contributed by atoms with E-state index in [-0.39, 0.29) is 0 Å². The Morgan fingerprint density at radius 1 is 0.605 bits per heavy atom. The Morgan fingerprint density at radius 3 is 1.42 bits per heavy atom. The third kappa shape index (κ3) is 6.30. The van der Waals surface area contributed by atoms with Gasteiger partial charge in [-0.25, -0.2) is 0 Å². The fraction of sp³-hybridized carbons (Fsp3) is 0.385. The van der Waals surface area contributed by atoms with Crippen molar-refractivity contribution in [3.8, 4) is 11.5 Å². The molecule has 1 saturated carbocycles. The van der Waals surface area contributed by atoms with E-state index >= 15 is 0 Å². The maximum absolute atomic E-state index is 5.81. The first-order valence-electron chi connectivity index (χ1n) is 15.7. The van der Waals surface area contributed by atoms with Crippen molar-refractivity contribution in [1.29, 1.82) is 0 Å². The fourth-order valence-corrected chi connectivity index (χ4v) is 14.6. The van der Waals surface area contributed by atoms with E-state index in [9.17, 15) is 0 Å². The van der Waals surface area contributed by atoms with Crippen LogP contribution in [-0.4, -0.2) is 25.5 Å². The molecule has 4 heteroatoms. The second kappa shape index (κ2) is 13.5. The summed E-state index contributed by atoms with van der Waals surface area (Å²) in [6.07, 6.45) is 3.87. The van der Waals surface area contributed by atoms with Crippen molar-refractivity contribution in [1.82, 2.24) is 0 Å². The van der Waals surface area contributed by atoms with Gasteiger partial charge in [-0.2, -0.15) is 0 Å². The molecule has 1 fully saturated rings. The average Bonchev–Trinajstić information content (AvgIpc) is 3.44. The second-order valence-electron chi connectivity index (χ2n) is 12.4. The Balaban J connectivity index is 1.67.